The standard InChI is InChI=1S/C19H32N4S/c1-20-19(21-12-6-7-14-24-2)22-18-11-8-13-23(16-18)15-17-9-4-3-5-10-17/h3-5,9-10,18H,6-8,11-16H2,1-2H3,(H2,20,21,22). The van der Waals surface area contributed by atoms with Crippen molar-refractivity contribution in [2.45, 2.75) is 38.3 Å². The number of hydrogen-bond donors (Lipinski definition) is 2. The highest BCUT2D eigenvalue weighted by Crippen LogP contribution is 2.13. The fourth-order valence-corrected chi connectivity index (χ4v) is 3.62. The van der Waals surface area contributed by atoms with Gasteiger partial charge < -0.3 is 10.6 Å². The Morgan fingerprint density at radius 3 is 2.88 bits per heavy atom. The number of nitrogens with zero attached hydrogens (tertiary/aromatic N) is 2. The second kappa shape index (κ2) is 11.4. The summed E-state index contributed by atoms with van der Waals surface area (Å²) in [5.41, 5.74) is 1.40. The highest BCUT2D eigenvalue weighted by molar-refractivity contribution is 7.98. The fraction of sp³-hybridized carbons (Fsp3) is 0.632. The summed E-state index contributed by atoms with van der Waals surface area (Å²) in [6.07, 6.45) is 7.09. The zero-order valence-electron chi connectivity index (χ0n) is 15.1. The van der Waals surface area contributed by atoms with E-state index >= 15 is 0 Å². The summed E-state index contributed by atoms with van der Waals surface area (Å²) in [7, 11) is 1.86. The first-order valence-electron chi connectivity index (χ1n) is 9.04. The first-order valence-corrected chi connectivity index (χ1v) is 10.4. The molecule has 0 radical (unpaired) electrons. The largest absolute Gasteiger partial charge is 0.356 e. The Morgan fingerprint density at radius 1 is 1.29 bits per heavy atom. The Labute approximate surface area is 151 Å². The van der Waals surface area contributed by atoms with Gasteiger partial charge in [0, 0.05) is 32.7 Å². The third-order valence-electron chi connectivity index (χ3n) is 4.39. The molecular weight excluding hydrogens is 316 g/mol. The molecule has 0 amide bonds. The van der Waals surface area contributed by atoms with Crippen molar-refractivity contribution in [1.29, 1.82) is 0 Å². The monoisotopic (exact) mass is 348 g/mol. The summed E-state index contributed by atoms with van der Waals surface area (Å²) in [5.74, 6) is 2.19. The molecule has 0 bridgehead atoms. The van der Waals surface area contributed by atoms with E-state index in [1.807, 2.05) is 18.8 Å². The number of nitrogens with one attached hydrogen (secondary N) is 2. The van der Waals surface area contributed by atoms with Crippen molar-refractivity contribution < 1.29 is 0 Å². The summed E-state index contributed by atoms with van der Waals surface area (Å²) in [6, 6.07) is 11.2. The second-order valence-corrected chi connectivity index (χ2v) is 7.39. The van der Waals surface area contributed by atoms with Crippen molar-refractivity contribution in [3.05, 3.63) is 35.9 Å². The average molecular weight is 349 g/mol. The molecule has 4 nitrogen and oxygen atoms in total. The van der Waals surface area contributed by atoms with Gasteiger partial charge in [-0.25, -0.2) is 0 Å². The molecule has 1 aromatic rings. The molecule has 0 aliphatic carbocycles. The Balaban J connectivity index is 1.72. The summed E-state index contributed by atoms with van der Waals surface area (Å²) in [4.78, 5) is 6.92. The van der Waals surface area contributed by atoms with Crippen LogP contribution in [-0.2, 0) is 6.54 Å². The van der Waals surface area contributed by atoms with Crippen LogP contribution >= 0.6 is 11.8 Å². The first-order chi connectivity index (χ1) is 11.8. The highest BCUT2D eigenvalue weighted by Gasteiger charge is 2.20. The Kier molecular flexibility index (Phi) is 9.06. The smallest absolute Gasteiger partial charge is 0.191 e. The molecule has 24 heavy (non-hydrogen) atoms. The van der Waals surface area contributed by atoms with Crippen molar-refractivity contribution in [2.24, 2.45) is 4.99 Å². The number of benzene rings is 1. The van der Waals surface area contributed by atoms with Crippen molar-refractivity contribution in [3.63, 3.8) is 0 Å². The van der Waals surface area contributed by atoms with Gasteiger partial charge in [0.25, 0.3) is 0 Å². The van der Waals surface area contributed by atoms with Crippen LogP contribution in [0, 0.1) is 0 Å². The molecule has 0 saturated carbocycles. The van der Waals surface area contributed by atoms with E-state index in [0.29, 0.717) is 6.04 Å². The normalized spacial score (nSPS) is 19.2. The maximum atomic E-state index is 4.38. The molecule has 1 fully saturated rings. The summed E-state index contributed by atoms with van der Waals surface area (Å²) in [6.45, 7) is 4.32. The van der Waals surface area contributed by atoms with Crippen molar-refractivity contribution in [1.82, 2.24) is 15.5 Å². The van der Waals surface area contributed by atoms with Gasteiger partial charge in [0.15, 0.2) is 5.96 Å². The highest BCUT2D eigenvalue weighted by atomic mass is 32.2. The molecule has 2 rings (SSSR count). The van der Waals surface area contributed by atoms with E-state index in [2.05, 4.69) is 57.1 Å². The van der Waals surface area contributed by atoms with E-state index in [9.17, 15) is 0 Å². The molecule has 5 heteroatoms. The number of unbranched alkanes of at least 4 members (excludes halogenated alkanes) is 1. The van der Waals surface area contributed by atoms with E-state index in [4.69, 9.17) is 0 Å². The summed E-state index contributed by atoms with van der Waals surface area (Å²) < 4.78 is 0. The van der Waals surface area contributed by atoms with Gasteiger partial charge in [0.2, 0.25) is 0 Å². The van der Waals surface area contributed by atoms with Crippen LogP contribution in [0.5, 0.6) is 0 Å². The average Bonchev–Trinajstić information content (AvgIpc) is 2.62. The summed E-state index contributed by atoms with van der Waals surface area (Å²) in [5, 5.41) is 7.06. The number of hydrogen-bond acceptors (Lipinski definition) is 3. The molecule has 1 aromatic carbocycles. The topological polar surface area (TPSA) is 39.7 Å². The predicted molar refractivity (Wildman–Crippen MR) is 107 cm³/mol. The number of thioether (sulfide) groups is 1. The van der Waals surface area contributed by atoms with E-state index in [0.717, 1.165) is 25.6 Å². The Morgan fingerprint density at radius 2 is 2.12 bits per heavy atom. The molecule has 1 saturated heterocycles. The minimum atomic E-state index is 0.486. The van der Waals surface area contributed by atoms with Gasteiger partial charge >= 0.3 is 0 Å². The van der Waals surface area contributed by atoms with Crippen molar-refractivity contribution in [2.75, 3.05) is 38.7 Å². The zero-order chi connectivity index (χ0) is 17.0. The Hall–Kier alpha value is -1.20. The van der Waals surface area contributed by atoms with Crippen LogP contribution in [0.4, 0.5) is 0 Å². The van der Waals surface area contributed by atoms with Gasteiger partial charge in [-0.2, -0.15) is 11.8 Å². The number of likely N-dealkylation sites (tertiary alicyclic amines) is 1. The van der Waals surface area contributed by atoms with E-state index in [1.165, 1.54) is 43.5 Å². The molecular formula is C19H32N4S. The number of piperidine rings is 1. The van der Waals surface area contributed by atoms with Gasteiger partial charge in [0.05, 0.1) is 0 Å². The number of aliphatic imine (C=N–C) groups is 1. The molecule has 134 valence electrons. The lowest BCUT2D eigenvalue weighted by Gasteiger charge is -2.34. The summed E-state index contributed by atoms with van der Waals surface area (Å²) >= 11 is 1.92. The zero-order valence-corrected chi connectivity index (χ0v) is 15.9. The Bertz CT molecular complexity index is 478. The lowest BCUT2D eigenvalue weighted by Crippen LogP contribution is -2.51. The van der Waals surface area contributed by atoms with Gasteiger partial charge in [-0.05, 0) is 49.8 Å². The molecule has 1 unspecified atom stereocenters. The van der Waals surface area contributed by atoms with Crippen LogP contribution in [-0.4, -0.2) is 55.6 Å². The minimum absolute atomic E-state index is 0.486. The van der Waals surface area contributed by atoms with Crippen LogP contribution in [0.3, 0.4) is 0 Å². The molecule has 0 spiro atoms. The third kappa shape index (κ3) is 7.14. The molecule has 2 N–H and O–H groups in total. The number of guanidine groups is 1. The van der Waals surface area contributed by atoms with E-state index < -0.39 is 0 Å². The van der Waals surface area contributed by atoms with Crippen molar-refractivity contribution in [3.8, 4) is 0 Å². The van der Waals surface area contributed by atoms with E-state index in [1.54, 1.807) is 0 Å². The second-order valence-electron chi connectivity index (χ2n) is 6.40. The minimum Gasteiger partial charge on any atom is -0.356 e. The first kappa shape index (κ1) is 19.1. The SMILES string of the molecule is CN=C(NCCCCSC)NC1CCCN(Cc2ccccc2)C1. The molecule has 1 aliphatic heterocycles. The van der Waals surface area contributed by atoms with Gasteiger partial charge in [-0.3, -0.25) is 9.89 Å². The maximum absolute atomic E-state index is 4.38. The van der Waals surface area contributed by atoms with Crippen LogP contribution in [0.15, 0.2) is 35.3 Å². The predicted octanol–water partition coefficient (Wildman–Crippen LogP) is 2.96. The van der Waals surface area contributed by atoms with Gasteiger partial charge in [0.1, 0.15) is 0 Å². The van der Waals surface area contributed by atoms with Gasteiger partial charge in [-0.15, -0.1) is 0 Å². The fourth-order valence-electron chi connectivity index (χ4n) is 3.12. The quantitative estimate of drug-likeness (QED) is 0.430. The number of rotatable bonds is 8. The van der Waals surface area contributed by atoms with Crippen LogP contribution in [0.25, 0.3) is 0 Å². The lowest BCUT2D eigenvalue weighted by atomic mass is 10.0. The molecule has 1 heterocycles. The van der Waals surface area contributed by atoms with Crippen LogP contribution < -0.4 is 10.6 Å². The molecule has 1 aliphatic rings. The third-order valence-corrected chi connectivity index (χ3v) is 5.08. The molecule has 1 atom stereocenters. The van der Waals surface area contributed by atoms with Crippen LogP contribution in [0.2, 0.25) is 0 Å². The molecule has 0 aromatic heterocycles. The lowest BCUT2D eigenvalue weighted by molar-refractivity contribution is 0.192. The van der Waals surface area contributed by atoms with Gasteiger partial charge in [-0.1, -0.05) is 30.3 Å². The van der Waals surface area contributed by atoms with Crippen molar-refractivity contribution >= 4 is 17.7 Å². The van der Waals surface area contributed by atoms with E-state index in [-0.39, 0.29) is 0 Å². The van der Waals surface area contributed by atoms with Crippen LogP contribution in [0.1, 0.15) is 31.2 Å². The maximum Gasteiger partial charge on any atom is 0.191 e.